The molecule has 0 bridgehead atoms. The number of nitrogens with two attached hydrogens (primary N) is 1. The molecule has 0 saturated carbocycles. The van der Waals surface area contributed by atoms with Gasteiger partial charge in [0.1, 0.15) is 0 Å². The Morgan fingerprint density at radius 1 is 1.86 bits per heavy atom. The van der Waals surface area contributed by atoms with E-state index in [1.807, 2.05) is 6.08 Å². The summed E-state index contributed by atoms with van der Waals surface area (Å²) in [6.45, 7) is 0. The van der Waals surface area contributed by atoms with Crippen LogP contribution in [0.1, 0.15) is 12.8 Å². The molecule has 0 saturated heterocycles. The first kappa shape index (κ1) is 4.37. The molecule has 7 heavy (non-hydrogen) atoms. The van der Waals surface area contributed by atoms with E-state index in [2.05, 4.69) is 0 Å². The van der Waals surface area contributed by atoms with Crippen molar-refractivity contribution in [2.45, 2.75) is 12.8 Å². The topological polar surface area (TPSA) is 43.1 Å². The van der Waals surface area contributed by atoms with Crippen molar-refractivity contribution >= 4 is 5.91 Å². The van der Waals surface area contributed by atoms with Crippen LogP contribution in [0.25, 0.3) is 0 Å². The summed E-state index contributed by atoms with van der Waals surface area (Å²) in [5.41, 5.74) is 5.68. The van der Waals surface area contributed by atoms with Crippen LogP contribution in [0.15, 0.2) is 11.6 Å². The van der Waals surface area contributed by atoms with Crippen LogP contribution >= 0.6 is 0 Å². The van der Waals surface area contributed by atoms with Gasteiger partial charge in [-0.05, 0) is 12.8 Å². The van der Waals surface area contributed by atoms with Crippen molar-refractivity contribution in [3.8, 4) is 0 Å². The van der Waals surface area contributed by atoms with Crippen LogP contribution in [0.5, 0.6) is 0 Å². The predicted octanol–water partition coefficient (Wildman–Crippen LogP) is 0.192. The van der Waals surface area contributed by atoms with E-state index in [4.69, 9.17) is 5.73 Å². The predicted molar refractivity (Wildman–Crippen MR) is 26.5 cm³/mol. The highest BCUT2D eigenvalue weighted by Crippen LogP contribution is 2.15. The molecule has 0 radical (unpaired) electrons. The number of hydrogen-bond acceptors (Lipinski definition) is 1. The molecule has 0 aromatic rings. The van der Waals surface area contributed by atoms with E-state index >= 15 is 0 Å². The molecule has 0 atom stereocenters. The minimum Gasteiger partial charge on any atom is -0.366 e. The highest BCUT2D eigenvalue weighted by Gasteiger charge is 2.09. The average molecular weight is 97.1 g/mol. The first-order chi connectivity index (χ1) is 3.30. The third-order valence-electron chi connectivity index (χ3n) is 1.12. The second-order valence-corrected chi connectivity index (χ2v) is 1.63. The molecule has 0 heterocycles. The number of carbonyl (C=O) groups is 1. The molecule has 2 heteroatoms. The molecule has 0 fully saturated rings. The van der Waals surface area contributed by atoms with Gasteiger partial charge in [-0.3, -0.25) is 4.79 Å². The van der Waals surface area contributed by atoms with Crippen LogP contribution in [-0.2, 0) is 4.79 Å². The lowest BCUT2D eigenvalue weighted by atomic mass is 9.99. The van der Waals surface area contributed by atoms with Crippen LogP contribution in [-0.4, -0.2) is 5.91 Å². The molecular weight excluding hydrogens is 90.1 g/mol. The van der Waals surface area contributed by atoms with Gasteiger partial charge in [0, 0.05) is 5.57 Å². The molecule has 2 nitrogen and oxygen atoms in total. The molecule has 38 valence electrons. The number of allylic oxidation sites excluding steroid dienone is 1. The van der Waals surface area contributed by atoms with E-state index in [0.717, 1.165) is 18.4 Å². The number of hydrogen-bond donors (Lipinski definition) is 1. The molecule has 1 aliphatic carbocycles. The maximum absolute atomic E-state index is 10.1. The second-order valence-electron chi connectivity index (χ2n) is 1.63. The molecular formula is C5H7NO. The Bertz CT molecular complexity index is 126. The fourth-order valence-electron chi connectivity index (χ4n) is 0.512. The van der Waals surface area contributed by atoms with Gasteiger partial charge in [0.2, 0.25) is 5.91 Å². The molecule has 2 N–H and O–H groups in total. The fourth-order valence-corrected chi connectivity index (χ4v) is 0.512. The van der Waals surface area contributed by atoms with E-state index in [-0.39, 0.29) is 5.91 Å². The standard InChI is InChI=1S/C5H7NO/c6-5(7)4-2-1-3-4/h2H,1,3H2,(H2,6,7). The Labute approximate surface area is 42.0 Å². The summed E-state index contributed by atoms with van der Waals surface area (Å²) in [5, 5.41) is 0. The summed E-state index contributed by atoms with van der Waals surface area (Å²) < 4.78 is 0. The van der Waals surface area contributed by atoms with E-state index in [1.165, 1.54) is 0 Å². The maximum Gasteiger partial charge on any atom is 0.244 e. The van der Waals surface area contributed by atoms with Crippen molar-refractivity contribution in [1.29, 1.82) is 0 Å². The summed E-state index contributed by atoms with van der Waals surface area (Å²) in [5.74, 6) is -0.258. The summed E-state index contributed by atoms with van der Waals surface area (Å²) in [6.07, 6.45) is 3.77. The lowest BCUT2D eigenvalue weighted by molar-refractivity contribution is -0.114. The van der Waals surface area contributed by atoms with Crippen molar-refractivity contribution in [3.63, 3.8) is 0 Å². The van der Waals surface area contributed by atoms with Gasteiger partial charge in [0.25, 0.3) is 0 Å². The third kappa shape index (κ3) is 0.633. The Hall–Kier alpha value is -0.790. The zero-order valence-corrected chi connectivity index (χ0v) is 3.98. The monoisotopic (exact) mass is 97.1 g/mol. The second kappa shape index (κ2) is 1.37. The molecule has 0 aromatic heterocycles. The summed E-state index contributed by atoms with van der Waals surface area (Å²) in [6, 6.07) is 0. The zero-order chi connectivity index (χ0) is 5.28. The smallest absolute Gasteiger partial charge is 0.244 e. The first-order valence-corrected chi connectivity index (χ1v) is 2.29. The van der Waals surface area contributed by atoms with Crippen molar-refractivity contribution in [1.82, 2.24) is 0 Å². The van der Waals surface area contributed by atoms with Crippen molar-refractivity contribution < 1.29 is 4.79 Å². The SMILES string of the molecule is NC(=O)C1=CCC1. The van der Waals surface area contributed by atoms with E-state index in [1.54, 1.807) is 0 Å². The molecule has 1 aliphatic rings. The van der Waals surface area contributed by atoms with Crippen LogP contribution in [0, 0.1) is 0 Å². The van der Waals surface area contributed by atoms with Gasteiger partial charge in [0.05, 0.1) is 0 Å². The Balaban J connectivity index is 2.57. The summed E-state index contributed by atoms with van der Waals surface area (Å²) in [7, 11) is 0. The van der Waals surface area contributed by atoms with Crippen molar-refractivity contribution in [2.75, 3.05) is 0 Å². The van der Waals surface area contributed by atoms with Gasteiger partial charge in [-0.25, -0.2) is 0 Å². The highest BCUT2D eigenvalue weighted by molar-refractivity contribution is 5.93. The van der Waals surface area contributed by atoms with E-state index < -0.39 is 0 Å². The van der Waals surface area contributed by atoms with Gasteiger partial charge < -0.3 is 5.73 Å². The third-order valence-corrected chi connectivity index (χ3v) is 1.12. The van der Waals surface area contributed by atoms with Crippen LogP contribution < -0.4 is 5.73 Å². The normalized spacial score (nSPS) is 17.4. The molecule has 0 spiro atoms. The lowest BCUT2D eigenvalue weighted by Crippen LogP contribution is -2.17. The molecule has 0 unspecified atom stereocenters. The van der Waals surface area contributed by atoms with Crippen LogP contribution in [0.4, 0.5) is 0 Å². The van der Waals surface area contributed by atoms with Gasteiger partial charge in [0.15, 0.2) is 0 Å². The summed E-state index contributed by atoms with van der Waals surface area (Å²) >= 11 is 0. The van der Waals surface area contributed by atoms with Gasteiger partial charge in [-0.15, -0.1) is 0 Å². The number of primary amides is 1. The quantitative estimate of drug-likeness (QED) is 0.498. The summed E-state index contributed by atoms with van der Waals surface area (Å²) in [4.78, 5) is 10.1. The first-order valence-electron chi connectivity index (χ1n) is 2.29. The Morgan fingerprint density at radius 2 is 2.43 bits per heavy atom. The molecule has 0 aromatic carbocycles. The minimum absolute atomic E-state index is 0.258. The maximum atomic E-state index is 10.1. The number of rotatable bonds is 1. The Kier molecular flexibility index (Phi) is 0.855. The Morgan fingerprint density at radius 3 is 2.43 bits per heavy atom. The molecule has 0 aliphatic heterocycles. The number of carbonyl (C=O) groups excluding carboxylic acids is 1. The van der Waals surface area contributed by atoms with Gasteiger partial charge in [-0.1, -0.05) is 6.08 Å². The average Bonchev–Trinajstić information content (AvgIpc) is 1.23. The van der Waals surface area contributed by atoms with Crippen molar-refractivity contribution in [2.24, 2.45) is 5.73 Å². The van der Waals surface area contributed by atoms with Crippen LogP contribution in [0.3, 0.4) is 0 Å². The lowest BCUT2D eigenvalue weighted by Gasteiger charge is -2.07. The van der Waals surface area contributed by atoms with Gasteiger partial charge >= 0.3 is 0 Å². The van der Waals surface area contributed by atoms with E-state index in [0.29, 0.717) is 0 Å². The van der Waals surface area contributed by atoms with Crippen LogP contribution in [0.2, 0.25) is 0 Å². The number of amides is 1. The van der Waals surface area contributed by atoms with E-state index in [9.17, 15) is 4.79 Å². The zero-order valence-electron chi connectivity index (χ0n) is 3.98. The molecule has 1 rings (SSSR count). The van der Waals surface area contributed by atoms with Gasteiger partial charge in [-0.2, -0.15) is 0 Å². The highest BCUT2D eigenvalue weighted by atomic mass is 16.1. The van der Waals surface area contributed by atoms with Crippen molar-refractivity contribution in [3.05, 3.63) is 11.6 Å². The fraction of sp³-hybridized carbons (Fsp3) is 0.400. The molecule has 1 amide bonds. The minimum atomic E-state index is -0.258. The largest absolute Gasteiger partial charge is 0.366 e.